The highest BCUT2D eigenvalue weighted by Crippen LogP contribution is 2.36. The molecule has 30 heavy (non-hydrogen) atoms. The molecule has 0 radical (unpaired) electrons. The molecule has 158 valence electrons. The molecule has 2 aliphatic heterocycles. The quantitative estimate of drug-likeness (QED) is 0.822. The number of piperidine rings is 1. The van der Waals surface area contributed by atoms with Crippen LogP contribution in [-0.2, 0) is 20.7 Å². The standard InChI is InChI=1S/C24H27FN2O3/c25-20-5-2-1-4-19(20)18-9-7-17(8-10-18)16-24(23(26)29)11-13-27(14-12-24)22(28)21-6-3-15-30-21/h1-2,4-5,7-10,21H,3,6,11-16H2,(H2,26,29)/t21-/m0/s1. The number of benzene rings is 2. The number of hydrogen-bond acceptors (Lipinski definition) is 3. The van der Waals surface area contributed by atoms with E-state index in [1.807, 2.05) is 24.3 Å². The maximum Gasteiger partial charge on any atom is 0.251 e. The topological polar surface area (TPSA) is 72.6 Å². The largest absolute Gasteiger partial charge is 0.369 e. The fourth-order valence-electron chi connectivity index (χ4n) is 4.53. The smallest absolute Gasteiger partial charge is 0.251 e. The van der Waals surface area contributed by atoms with Crippen LogP contribution < -0.4 is 5.73 Å². The van der Waals surface area contributed by atoms with Gasteiger partial charge in [0.05, 0.1) is 5.41 Å². The van der Waals surface area contributed by atoms with E-state index in [1.165, 1.54) is 6.07 Å². The molecule has 2 N–H and O–H groups in total. The van der Waals surface area contributed by atoms with E-state index in [9.17, 15) is 14.0 Å². The van der Waals surface area contributed by atoms with Gasteiger partial charge < -0.3 is 15.4 Å². The molecule has 0 bridgehead atoms. The molecule has 2 heterocycles. The van der Waals surface area contributed by atoms with Gasteiger partial charge in [-0.2, -0.15) is 0 Å². The predicted molar refractivity (Wildman–Crippen MR) is 112 cm³/mol. The van der Waals surface area contributed by atoms with Crippen molar-refractivity contribution in [1.29, 1.82) is 0 Å². The zero-order valence-corrected chi connectivity index (χ0v) is 17.0. The lowest BCUT2D eigenvalue weighted by molar-refractivity contribution is -0.146. The lowest BCUT2D eigenvalue weighted by Crippen LogP contribution is -2.51. The van der Waals surface area contributed by atoms with Crippen molar-refractivity contribution in [2.24, 2.45) is 11.1 Å². The summed E-state index contributed by atoms with van der Waals surface area (Å²) in [6.07, 6.45) is 2.94. The van der Waals surface area contributed by atoms with E-state index in [0.717, 1.165) is 24.0 Å². The van der Waals surface area contributed by atoms with Gasteiger partial charge in [-0.1, -0.05) is 42.5 Å². The van der Waals surface area contributed by atoms with Crippen molar-refractivity contribution in [3.63, 3.8) is 0 Å². The molecule has 2 aromatic carbocycles. The maximum absolute atomic E-state index is 14.0. The molecule has 2 aromatic rings. The second-order valence-corrected chi connectivity index (χ2v) is 8.33. The number of nitrogens with zero attached hydrogens (tertiary/aromatic N) is 1. The fourth-order valence-corrected chi connectivity index (χ4v) is 4.53. The molecule has 2 saturated heterocycles. The Balaban J connectivity index is 1.44. The Hall–Kier alpha value is -2.73. The lowest BCUT2D eigenvalue weighted by atomic mass is 9.73. The average molecular weight is 410 g/mol. The van der Waals surface area contributed by atoms with Crippen molar-refractivity contribution in [2.75, 3.05) is 19.7 Å². The highest BCUT2D eigenvalue weighted by Gasteiger charge is 2.42. The van der Waals surface area contributed by atoms with Crippen molar-refractivity contribution >= 4 is 11.8 Å². The summed E-state index contributed by atoms with van der Waals surface area (Å²) in [6.45, 7) is 1.65. The summed E-state index contributed by atoms with van der Waals surface area (Å²) in [5.74, 6) is -0.563. The molecular formula is C24H27FN2O3. The first kappa shape index (κ1) is 20.5. The Kier molecular flexibility index (Phi) is 5.86. The Morgan fingerprint density at radius 2 is 1.80 bits per heavy atom. The number of nitrogens with two attached hydrogens (primary N) is 1. The summed E-state index contributed by atoms with van der Waals surface area (Å²) < 4.78 is 19.5. The van der Waals surface area contributed by atoms with Gasteiger partial charge in [0.25, 0.3) is 5.91 Å². The molecule has 0 spiro atoms. The molecule has 6 heteroatoms. The summed E-state index contributed by atoms with van der Waals surface area (Å²) in [5, 5.41) is 0. The van der Waals surface area contributed by atoms with Crippen LogP contribution in [0.3, 0.4) is 0 Å². The molecule has 5 nitrogen and oxygen atoms in total. The summed E-state index contributed by atoms with van der Waals surface area (Å²) in [6, 6.07) is 14.3. The van der Waals surface area contributed by atoms with E-state index in [4.69, 9.17) is 10.5 Å². The number of amides is 2. The van der Waals surface area contributed by atoms with E-state index in [0.29, 0.717) is 44.5 Å². The molecule has 2 amide bonds. The first-order chi connectivity index (χ1) is 14.5. The maximum atomic E-state index is 14.0. The van der Waals surface area contributed by atoms with E-state index in [2.05, 4.69) is 0 Å². The van der Waals surface area contributed by atoms with Crippen molar-refractivity contribution in [1.82, 2.24) is 4.90 Å². The summed E-state index contributed by atoms with van der Waals surface area (Å²) in [5.41, 5.74) is 7.47. The third-order valence-electron chi connectivity index (χ3n) is 6.44. The van der Waals surface area contributed by atoms with E-state index >= 15 is 0 Å². The Morgan fingerprint density at radius 3 is 2.40 bits per heavy atom. The van der Waals surface area contributed by atoms with Crippen LogP contribution in [0.5, 0.6) is 0 Å². The Bertz CT molecular complexity index is 914. The van der Waals surface area contributed by atoms with Crippen LogP contribution in [0.15, 0.2) is 48.5 Å². The highest BCUT2D eigenvalue weighted by molar-refractivity contribution is 5.83. The normalized spacial score (nSPS) is 20.8. The summed E-state index contributed by atoms with van der Waals surface area (Å²) >= 11 is 0. The lowest BCUT2D eigenvalue weighted by Gasteiger charge is -2.40. The first-order valence-electron chi connectivity index (χ1n) is 10.5. The molecule has 0 saturated carbocycles. The molecular weight excluding hydrogens is 383 g/mol. The monoisotopic (exact) mass is 410 g/mol. The Labute approximate surface area is 176 Å². The third-order valence-corrected chi connectivity index (χ3v) is 6.44. The minimum Gasteiger partial charge on any atom is -0.369 e. The molecule has 0 unspecified atom stereocenters. The molecule has 4 rings (SSSR count). The zero-order chi connectivity index (χ0) is 21.1. The van der Waals surface area contributed by atoms with Gasteiger partial charge in [-0.05, 0) is 49.3 Å². The number of halogens is 1. The Morgan fingerprint density at radius 1 is 1.10 bits per heavy atom. The summed E-state index contributed by atoms with van der Waals surface area (Å²) in [7, 11) is 0. The van der Waals surface area contributed by atoms with Gasteiger partial charge >= 0.3 is 0 Å². The van der Waals surface area contributed by atoms with Crippen LogP contribution in [0.2, 0.25) is 0 Å². The molecule has 2 aliphatic rings. The zero-order valence-electron chi connectivity index (χ0n) is 17.0. The van der Waals surface area contributed by atoms with Crippen molar-refractivity contribution in [3.8, 4) is 11.1 Å². The predicted octanol–water partition coefficient (Wildman–Crippen LogP) is 3.31. The van der Waals surface area contributed by atoms with E-state index < -0.39 is 5.41 Å². The number of carbonyl (C=O) groups excluding carboxylic acids is 2. The first-order valence-corrected chi connectivity index (χ1v) is 10.5. The highest BCUT2D eigenvalue weighted by atomic mass is 19.1. The van der Waals surface area contributed by atoms with Gasteiger partial charge in [-0.25, -0.2) is 4.39 Å². The van der Waals surface area contributed by atoms with Gasteiger partial charge in [0.15, 0.2) is 0 Å². The number of carbonyl (C=O) groups is 2. The van der Waals surface area contributed by atoms with Crippen LogP contribution in [0, 0.1) is 11.2 Å². The van der Waals surface area contributed by atoms with Gasteiger partial charge in [-0.15, -0.1) is 0 Å². The van der Waals surface area contributed by atoms with Gasteiger partial charge in [0, 0.05) is 25.3 Å². The van der Waals surface area contributed by atoms with Crippen molar-refractivity contribution in [2.45, 2.75) is 38.2 Å². The minimum atomic E-state index is -0.674. The molecule has 2 fully saturated rings. The van der Waals surface area contributed by atoms with Gasteiger partial charge in [0.2, 0.25) is 5.91 Å². The minimum absolute atomic E-state index is 0.0276. The SMILES string of the molecule is NC(=O)C1(Cc2ccc(-c3ccccc3F)cc2)CCN(C(=O)[C@@H]2CCCO2)CC1. The van der Waals surface area contributed by atoms with Crippen LogP contribution in [0.4, 0.5) is 4.39 Å². The second kappa shape index (κ2) is 8.56. The van der Waals surface area contributed by atoms with E-state index in [-0.39, 0.29) is 23.7 Å². The number of primary amides is 1. The van der Waals surface area contributed by atoms with Crippen molar-refractivity contribution < 1.29 is 18.7 Å². The van der Waals surface area contributed by atoms with Crippen LogP contribution in [0.1, 0.15) is 31.2 Å². The second-order valence-electron chi connectivity index (χ2n) is 8.33. The number of ether oxygens (including phenoxy) is 1. The van der Waals surface area contributed by atoms with Gasteiger partial charge in [-0.3, -0.25) is 9.59 Å². The number of rotatable bonds is 5. The van der Waals surface area contributed by atoms with Crippen molar-refractivity contribution in [3.05, 3.63) is 59.9 Å². The van der Waals surface area contributed by atoms with E-state index in [1.54, 1.807) is 23.1 Å². The average Bonchev–Trinajstić information content (AvgIpc) is 3.30. The van der Waals surface area contributed by atoms with Crippen LogP contribution >= 0.6 is 0 Å². The van der Waals surface area contributed by atoms with Crippen LogP contribution in [0.25, 0.3) is 11.1 Å². The molecule has 1 atom stereocenters. The van der Waals surface area contributed by atoms with Gasteiger partial charge in [0.1, 0.15) is 11.9 Å². The number of hydrogen-bond donors (Lipinski definition) is 1. The number of likely N-dealkylation sites (tertiary alicyclic amines) is 1. The summed E-state index contributed by atoms with van der Waals surface area (Å²) in [4.78, 5) is 26.8. The fraction of sp³-hybridized carbons (Fsp3) is 0.417. The third kappa shape index (κ3) is 4.10. The molecule has 0 aromatic heterocycles. The molecule has 0 aliphatic carbocycles. The van der Waals surface area contributed by atoms with Crippen LogP contribution in [-0.4, -0.2) is 42.5 Å².